The van der Waals surface area contributed by atoms with Crippen molar-refractivity contribution >= 4 is 0 Å². The number of nitrogens with zero attached hydrogens (tertiary/aromatic N) is 1. The molecule has 0 saturated carbocycles. The van der Waals surface area contributed by atoms with Crippen LogP contribution in [0.25, 0.3) is 0 Å². The van der Waals surface area contributed by atoms with Gasteiger partial charge in [-0.2, -0.15) is 0 Å². The van der Waals surface area contributed by atoms with E-state index in [4.69, 9.17) is 0 Å². The quantitative estimate of drug-likeness (QED) is 0.768. The first-order chi connectivity index (χ1) is 9.66. The summed E-state index contributed by atoms with van der Waals surface area (Å²) < 4.78 is 0. The van der Waals surface area contributed by atoms with Gasteiger partial charge in [0.15, 0.2) is 0 Å². The molecular formula is C18H30N2. The second kappa shape index (κ2) is 7.80. The highest BCUT2D eigenvalue weighted by molar-refractivity contribution is 5.30. The van der Waals surface area contributed by atoms with Crippen molar-refractivity contribution in [3.8, 4) is 0 Å². The molecule has 1 atom stereocenters. The molecule has 0 aliphatic heterocycles. The number of unbranched alkanes of at least 4 members (excludes halogenated alkanes) is 1. The molecule has 2 nitrogen and oxygen atoms in total. The number of aryl methyl sites for hydroxylation is 1. The Morgan fingerprint density at radius 3 is 2.70 bits per heavy atom. The topological polar surface area (TPSA) is 15.3 Å². The van der Waals surface area contributed by atoms with E-state index in [1.54, 1.807) is 11.1 Å². The maximum absolute atomic E-state index is 3.75. The summed E-state index contributed by atoms with van der Waals surface area (Å²) in [5, 5.41) is 3.75. The van der Waals surface area contributed by atoms with E-state index in [1.165, 1.54) is 45.2 Å². The Bertz CT molecular complexity index is 400. The summed E-state index contributed by atoms with van der Waals surface area (Å²) in [6.07, 6.45) is 6.33. The third-order valence-electron chi connectivity index (χ3n) is 4.60. The van der Waals surface area contributed by atoms with E-state index < -0.39 is 0 Å². The molecule has 0 aromatic heterocycles. The number of hydrogen-bond acceptors (Lipinski definition) is 2. The van der Waals surface area contributed by atoms with Crippen LogP contribution in [0.3, 0.4) is 0 Å². The Morgan fingerprint density at radius 1 is 1.20 bits per heavy atom. The van der Waals surface area contributed by atoms with Gasteiger partial charge in [0.1, 0.15) is 0 Å². The highest BCUT2D eigenvalue weighted by Gasteiger charge is 2.17. The Balaban J connectivity index is 1.62. The average molecular weight is 274 g/mol. The lowest BCUT2D eigenvalue weighted by molar-refractivity contribution is 0.267. The lowest BCUT2D eigenvalue weighted by Crippen LogP contribution is -2.35. The third kappa shape index (κ3) is 4.60. The maximum atomic E-state index is 3.75. The lowest BCUT2D eigenvalue weighted by Gasteiger charge is -2.26. The van der Waals surface area contributed by atoms with Gasteiger partial charge >= 0.3 is 0 Å². The molecule has 1 unspecified atom stereocenters. The summed E-state index contributed by atoms with van der Waals surface area (Å²) in [7, 11) is 2.22. The molecule has 20 heavy (non-hydrogen) atoms. The number of fused-ring (bicyclic) bond motifs is 1. The van der Waals surface area contributed by atoms with E-state index in [-0.39, 0.29) is 0 Å². The Kier molecular flexibility index (Phi) is 6.06. The van der Waals surface area contributed by atoms with Gasteiger partial charge in [-0.1, -0.05) is 24.3 Å². The van der Waals surface area contributed by atoms with Gasteiger partial charge in [0, 0.05) is 12.1 Å². The molecule has 0 bridgehead atoms. The van der Waals surface area contributed by atoms with Crippen LogP contribution < -0.4 is 5.32 Å². The van der Waals surface area contributed by atoms with Crippen molar-refractivity contribution in [1.29, 1.82) is 0 Å². The van der Waals surface area contributed by atoms with E-state index in [0.717, 1.165) is 0 Å². The summed E-state index contributed by atoms with van der Waals surface area (Å²) in [4.78, 5) is 2.43. The van der Waals surface area contributed by atoms with Crippen molar-refractivity contribution in [1.82, 2.24) is 10.2 Å². The summed E-state index contributed by atoms with van der Waals surface area (Å²) in [6, 6.07) is 10.3. The second-order valence-corrected chi connectivity index (χ2v) is 6.44. The molecule has 0 heterocycles. The Labute approximate surface area is 124 Å². The number of nitrogens with one attached hydrogen (secondary N) is 1. The predicted molar refractivity (Wildman–Crippen MR) is 87.3 cm³/mol. The highest BCUT2D eigenvalue weighted by Crippen LogP contribution is 2.20. The molecular weight excluding hydrogens is 244 g/mol. The van der Waals surface area contributed by atoms with Gasteiger partial charge < -0.3 is 10.2 Å². The summed E-state index contributed by atoms with van der Waals surface area (Å²) in [5.41, 5.74) is 3.11. The molecule has 1 N–H and O–H groups in total. The Morgan fingerprint density at radius 2 is 1.95 bits per heavy atom. The number of hydrogen-bond donors (Lipinski definition) is 1. The van der Waals surface area contributed by atoms with Crippen LogP contribution in [-0.2, 0) is 12.8 Å². The fourth-order valence-corrected chi connectivity index (χ4v) is 2.92. The van der Waals surface area contributed by atoms with E-state index in [2.05, 4.69) is 55.4 Å². The van der Waals surface area contributed by atoms with Crippen LogP contribution in [0, 0.1) is 0 Å². The van der Waals surface area contributed by atoms with E-state index in [9.17, 15) is 0 Å². The van der Waals surface area contributed by atoms with Gasteiger partial charge in [-0.3, -0.25) is 0 Å². The first kappa shape index (κ1) is 15.5. The minimum atomic E-state index is 0.665. The zero-order valence-electron chi connectivity index (χ0n) is 13.4. The van der Waals surface area contributed by atoms with E-state index >= 15 is 0 Å². The van der Waals surface area contributed by atoms with Crippen LogP contribution in [0.15, 0.2) is 24.3 Å². The predicted octanol–water partition coefficient (Wildman–Crippen LogP) is 3.25. The lowest BCUT2D eigenvalue weighted by atomic mass is 9.88. The molecule has 2 heteroatoms. The number of benzene rings is 1. The maximum Gasteiger partial charge on any atom is 0.0111 e. The minimum Gasteiger partial charge on any atom is -0.314 e. The molecule has 0 amide bonds. The van der Waals surface area contributed by atoms with Crippen molar-refractivity contribution in [3.63, 3.8) is 0 Å². The van der Waals surface area contributed by atoms with Crippen molar-refractivity contribution in [3.05, 3.63) is 35.4 Å². The van der Waals surface area contributed by atoms with Gasteiger partial charge in [-0.05, 0) is 77.2 Å². The van der Waals surface area contributed by atoms with Crippen LogP contribution >= 0.6 is 0 Å². The molecule has 0 spiro atoms. The molecule has 0 fully saturated rings. The minimum absolute atomic E-state index is 0.665. The van der Waals surface area contributed by atoms with Crippen LogP contribution in [0.4, 0.5) is 0 Å². The first-order valence-corrected chi connectivity index (χ1v) is 8.17. The molecule has 112 valence electrons. The van der Waals surface area contributed by atoms with Crippen molar-refractivity contribution in [2.45, 2.75) is 58.0 Å². The normalized spacial score (nSPS) is 18.6. The van der Waals surface area contributed by atoms with Crippen molar-refractivity contribution < 1.29 is 0 Å². The average Bonchev–Trinajstić information content (AvgIpc) is 2.46. The summed E-state index contributed by atoms with van der Waals surface area (Å²) in [5.74, 6) is 0. The fourth-order valence-electron chi connectivity index (χ4n) is 2.92. The monoisotopic (exact) mass is 274 g/mol. The van der Waals surface area contributed by atoms with Crippen LogP contribution in [0.2, 0.25) is 0 Å². The van der Waals surface area contributed by atoms with Crippen LogP contribution in [0.5, 0.6) is 0 Å². The molecule has 1 aromatic carbocycles. The summed E-state index contributed by atoms with van der Waals surface area (Å²) >= 11 is 0. The van der Waals surface area contributed by atoms with Gasteiger partial charge in [0.05, 0.1) is 0 Å². The third-order valence-corrected chi connectivity index (χ3v) is 4.60. The Hall–Kier alpha value is -0.860. The molecule has 0 radical (unpaired) electrons. The van der Waals surface area contributed by atoms with Crippen molar-refractivity contribution in [2.24, 2.45) is 0 Å². The summed E-state index contributed by atoms with van der Waals surface area (Å²) in [6.45, 7) is 6.90. The smallest absolute Gasteiger partial charge is 0.0111 e. The van der Waals surface area contributed by atoms with Gasteiger partial charge in [-0.15, -0.1) is 0 Å². The standard InChI is InChI=1S/C18H30N2/c1-15(2)20(3)13-7-6-12-19-18-11-10-16-8-4-5-9-17(16)14-18/h4-5,8-9,15,18-19H,6-7,10-14H2,1-3H3. The first-order valence-electron chi connectivity index (χ1n) is 8.17. The fraction of sp³-hybridized carbons (Fsp3) is 0.667. The second-order valence-electron chi connectivity index (χ2n) is 6.44. The molecule has 2 rings (SSSR count). The zero-order valence-corrected chi connectivity index (χ0v) is 13.4. The van der Waals surface area contributed by atoms with E-state index in [0.29, 0.717) is 12.1 Å². The van der Waals surface area contributed by atoms with Crippen LogP contribution in [0.1, 0.15) is 44.2 Å². The number of rotatable bonds is 7. The van der Waals surface area contributed by atoms with Gasteiger partial charge in [-0.25, -0.2) is 0 Å². The molecule has 1 aliphatic carbocycles. The highest BCUT2D eigenvalue weighted by atomic mass is 15.1. The van der Waals surface area contributed by atoms with Crippen LogP contribution in [-0.4, -0.2) is 37.1 Å². The largest absolute Gasteiger partial charge is 0.314 e. The van der Waals surface area contributed by atoms with Crippen molar-refractivity contribution in [2.75, 3.05) is 20.1 Å². The zero-order chi connectivity index (χ0) is 14.4. The molecule has 1 aromatic rings. The van der Waals surface area contributed by atoms with E-state index in [1.807, 2.05) is 0 Å². The SMILES string of the molecule is CC(C)N(C)CCCCNC1CCc2ccccc2C1. The van der Waals surface area contributed by atoms with Gasteiger partial charge in [0.25, 0.3) is 0 Å². The molecule has 1 aliphatic rings. The van der Waals surface area contributed by atoms with Gasteiger partial charge in [0.2, 0.25) is 0 Å². The molecule has 0 saturated heterocycles.